The summed E-state index contributed by atoms with van der Waals surface area (Å²) in [6.07, 6.45) is 0. The van der Waals surface area contributed by atoms with Gasteiger partial charge in [0.1, 0.15) is 0 Å². The monoisotopic (exact) mass is 375 g/mol. The second-order valence-corrected chi connectivity index (χ2v) is 8.09. The number of benzene rings is 1. The highest BCUT2D eigenvalue weighted by Crippen LogP contribution is 2.23. The lowest BCUT2D eigenvalue weighted by atomic mass is 9.96. The molecule has 2 aromatic rings. The normalized spacial score (nSPS) is 11.3. The predicted molar refractivity (Wildman–Crippen MR) is 103 cm³/mol. The highest BCUT2D eigenvalue weighted by Gasteiger charge is 2.25. The molecule has 26 heavy (non-hydrogen) atoms. The van der Waals surface area contributed by atoms with Crippen LogP contribution in [0.15, 0.2) is 35.5 Å². The van der Waals surface area contributed by atoms with Crippen molar-refractivity contribution in [3.05, 3.63) is 41.7 Å². The molecule has 2 amide bonds. The van der Waals surface area contributed by atoms with Crippen LogP contribution in [0, 0.1) is 0 Å². The van der Waals surface area contributed by atoms with Crippen molar-refractivity contribution in [3.8, 4) is 0 Å². The number of nitrogens with zero attached hydrogens (tertiary/aromatic N) is 4. The van der Waals surface area contributed by atoms with E-state index in [0.717, 1.165) is 0 Å². The second-order valence-electron chi connectivity index (χ2n) is 7.03. The molecule has 0 aliphatic heterocycles. The average Bonchev–Trinajstić information content (AvgIpc) is 3.03. The third-order valence-corrected chi connectivity index (χ3v) is 4.40. The lowest BCUT2D eigenvalue weighted by Crippen LogP contribution is -2.29. The zero-order valence-electron chi connectivity index (χ0n) is 15.8. The molecule has 1 heterocycles. The molecule has 0 saturated heterocycles. The zero-order chi connectivity index (χ0) is 19.3. The summed E-state index contributed by atoms with van der Waals surface area (Å²) in [6, 6.07) is 8.81. The minimum Gasteiger partial charge on any atom is -0.351 e. The van der Waals surface area contributed by atoms with Crippen molar-refractivity contribution in [1.29, 1.82) is 0 Å². The van der Waals surface area contributed by atoms with E-state index in [1.807, 2.05) is 39.0 Å². The maximum atomic E-state index is 12.3. The van der Waals surface area contributed by atoms with Crippen molar-refractivity contribution in [2.24, 2.45) is 0 Å². The van der Waals surface area contributed by atoms with Crippen LogP contribution in [-0.4, -0.2) is 58.0 Å². The van der Waals surface area contributed by atoms with E-state index in [1.165, 1.54) is 21.3 Å². The fourth-order valence-corrected chi connectivity index (χ4v) is 2.80. The van der Waals surface area contributed by atoms with Crippen LogP contribution < -0.4 is 5.32 Å². The van der Waals surface area contributed by atoms with E-state index < -0.39 is 0 Å². The Morgan fingerprint density at radius 3 is 2.42 bits per heavy atom. The number of aromatic nitrogens is 3. The van der Waals surface area contributed by atoms with Gasteiger partial charge in [-0.25, -0.2) is 9.78 Å². The van der Waals surface area contributed by atoms with Gasteiger partial charge in [-0.2, -0.15) is 4.68 Å². The minimum absolute atomic E-state index is 0.118. The van der Waals surface area contributed by atoms with Gasteiger partial charge in [-0.05, 0) is 12.1 Å². The van der Waals surface area contributed by atoms with Crippen LogP contribution >= 0.6 is 11.8 Å². The van der Waals surface area contributed by atoms with Crippen LogP contribution in [-0.2, 0) is 5.41 Å². The molecule has 7 nitrogen and oxygen atoms in total. The number of rotatable bonds is 5. The lowest BCUT2D eigenvalue weighted by molar-refractivity contribution is 0.0956. The predicted octanol–water partition coefficient (Wildman–Crippen LogP) is 2.63. The van der Waals surface area contributed by atoms with Gasteiger partial charge >= 0.3 is 6.03 Å². The van der Waals surface area contributed by atoms with Crippen molar-refractivity contribution in [3.63, 3.8) is 0 Å². The summed E-state index contributed by atoms with van der Waals surface area (Å²) in [6.45, 7) is 6.47. The summed E-state index contributed by atoms with van der Waals surface area (Å²) in [5.41, 5.74) is 0.368. The second kappa shape index (κ2) is 8.35. The molecule has 1 aromatic carbocycles. The Balaban J connectivity index is 2.01. The summed E-state index contributed by atoms with van der Waals surface area (Å²) >= 11 is 1.39. The summed E-state index contributed by atoms with van der Waals surface area (Å²) in [5, 5.41) is 7.77. The average molecular weight is 375 g/mol. The van der Waals surface area contributed by atoms with Gasteiger partial charge in [-0.1, -0.05) is 50.7 Å². The lowest BCUT2D eigenvalue weighted by Gasteiger charge is -2.13. The molecule has 0 aliphatic carbocycles. The van der Waals surface area contributed by atoms with E-state index in [9.17, 15) is 9.59 Å². The van der Waals surface area contributed by atoms with Crippen LogP contribution in [0.4, 0.5) is 4.79 Å². The molecular weight excluding hydrogens is 350 g/mol. The van der Waals surface area contributed by atoms with Gasteiger partial charge in [0.05, 0.1) is 0 Å². The smallest absolute Gasteiger partial charge is 0.346 e. The molecule has 0 fully saturated rings. The van der Waals surface area contributed by atoms with Crippen molar-refractivity contribution in [2.75, 3.05) is 26.4 Å². The van der Waals surface area contributed by atoms with Crippen LogP contribution in [0.3, 0.4) is 0 Å². The Morgan fingerprint density at radius 2 is 1.85 bits per heavy atom. The first-order chi connectivity index (χ1) is 12.2. The highest BCUT2D eigenvalue weighted by molar-refractivity contribution is 7.99. The molecule has 1 N–H and O–H groups in total. The standard InChI is InChI=1S/C18H25N5O2S/c1-18(2,3)15-20-16(23(21-15)17(25)22(4)5)26-12-11-19-14(24)13-9-7-6-8-10-13/h6-10H,11-12H2,1-5H3,(H,19,24). The Hall–Kier alpha value is -2.35. The highest BCUT2D eigenvalue weighted by atomic mass is 32.2. The van der Waals surface area contributed by atoms with E-state index in [2.05, 4.69) is 15.4 Å². The van der Waals surface area contributed by atoms with Gasteiger partial charge in [0.25, 0.3) is 5.91 Å². The van der Waals surface area contributed by atoms with Gasteiger partial charge in [0.2, 0.25) is 0 Å². The third-order valence-electron chi connectivity index (χ3n) is 3.47. The van der Waals surface area contributed by atoms with E-state index in [0.29, 0.717) is 28.8 Å². The molecule has 0 bridgehead atoms. The van der Waals surface area contributed by atoms with Crippen molar-refractivity contribution in [2.45, 2.75) is 31.3 Å². The quantitative estimate of drug-likeness (QED) is 0.642. The molecule has 0 spiro atoms. The molecule has 2 rings (SSSR count). The fraction of sp³-hybridized carbons (Fsp3) is 0.444. The SMILES string of the molecule is CN(C)C(=O)n1nc(C(C)(C)C)nc1SCCNC(=O)c1ccccc1. The van der Waals surface area contributed by atoms with Crippen molar-refractivity contribution in [1.82, 2.24) is 25.0 Å². The minimum atomic E-state index is -0.255. The largest absolute Gasteiger partial charge is 0.351 e. The van der Waals surface area contributed by atoms with Crippen molar-refractivity contribution < 1.29 is 9.59 Å². The van der Waals surface area contributed by atoms with Gasteiger partial charge in [-0.15, -0.1) is 5.10 Å². The van der Waals surface area contributed by atoms with E-state index in [1.54, 1.807) is 26.2 Å². The van der Waals surface area contributed by atoms with E-state index in [4.69, 9.17) is 0 Å². The first-order valence-corrected chi connectivity index (χ1v) is 9.34. The summed E-state index contributed by atoms with van der Waals surface area (Å²) in [4.78, 5) is 30.4. The number of amides is 2. The van der Waals surface area contributed by atoms with Gasteiger partial charge in [-0.3, -0.25) is 4.79 Å². The fourth-order valence-electron chi connectivity index (χ4n) is 2.02. The number of hydrogen-bond acceptors (Lipinski definition) is 5. The first-order valence-electron chi connectivity index (χ1n) is 8.35. The first kappa shape index (κ1) is 20.0. The molecule has 8 heteroatoms. The van der Waals surface area contributed by atoms with Gasteiger partial charge in [0, 0.05) is 37.4 Å². The number of carbonyl (C=O) groups is 2. The Kier molecular flexibility index (Phi) is 6.42. The Bertz CT molecular complexity index is 766. The third kappa shape index (κ3) is 5.08. The van der Waals surface area contributed by atoms with Crippen LogP contribution in [0.1, 0.15) is 37.0 Å². The van der Waals surface area contributed by atoms with E-state index >= 15 is 0 Å². The molecule has 0 saturated carbocycles. The number of hydrogen-bond donors (Lipinski definition) is 1. The van der Waals surface area contributed by atoms with Crippen molar-refractivity contribution >= 4 is 23.7 Å². The summed E-state index contributed by atoms with van der Waals surface area (Å²) in [5.74, 6) is 1.08. The molecule has 1 aromatic heterocycles. The number of nitrogens with one attached hydrogen (secondary N) is 1. The maximum Gasteiger partial charge on any atom is 0.346 e. The Labute approximate surface area is 158 Å². The van der Waals surface area contributed by atoms with Gasteiger partial charge in [0.15, 0.2) is 11.0 Å². The molecule has 0 unspecified atom stereocenters. The van der Waals surface area contributed by atoms with Crippen LogP contribution in [0.5, 0.6) is 0 Å². The topological polar surface area (TPSA) is 80.1 Å². The molecule has 0 aliphatic rings. The van der Waals surface area contributed by atoms with Crippen LogP contribution in [0.25, 0.3) is 0 Å². The molecule has 140 valence electrons. The van der Waals surface area contributed by atoms with Gasteiger partial charge < -0.3 is 10.2 Å². The maximum absolute atomic E-state index is 12.3. The molecular formula is C18H25N5O2S. The zero-order valence-corrected chi connectivity index (χ0v) is 16.6. The van der Waals surface area contributed by atoms with E-state index in [-0.39, 0.29) is 17.4 Å². The molecule has 0 atom stereocenters. The van der Waals surface area contributed by atoms with Crippen LogP contribution in [0.2, 0.25) is 0 Å². The summed E-state index contributed by atoms with van der Waals surface area (Å²) in [7, 11) is 3.35. The number of thioether (sulfide) groups is 1. The Morgan fingerprint density at radius 1 is 1.19 bits per heavy atom. The molecule has 0 radical (unpaired) electrons. The number of carbonyl (C=O) groups excluding carboxylic acids is 2. The summed E-state index contributed by atoms with van der Waals surface area (Å²) < 4.78 is 1.32.